The summed E-state index contributed by atoms with van der Waals surface area (Å²) in [6.07, 6.45) is 0. The minimum absolute atomic E-state index is 0.109. The average Bonchev–Trinajstić information content (AvgIpc) is 3.04. The number of aliphatic hydroxyl groups excluding tert-OH is 1. The van der Waals surface area contributed by atoms with Crippen molar-refractivity contribution in [2.24, 2.45) is 0 Å². The molecule has 2 aromatic rings. The van der Waals surface area contributed by atoms with Gasteiger partial charge in [-0.15, -0.1) is 0 Å². The molecule has 2 aliphatic heterocycles. The van der Waals surface area contributed by atoms with Crippen molar-refractivity contribution in [1.82, 2.24) is 9.80 Å². The van der Waals surface area contributed by atoms with E-state index >= 15 is 0 Å². The normalized spacial score (nSPS) is 21.6. The van der Waals surface area contributed by atoms with E-state index in [1.54, 1.807) is 29.2 Å². The van der Waals surface area contributed by atoms with Crippen molar-refractivity contribution in [3.05, 3.63) is 75.8 Å². The van der Waals surface area contributed by atoms with Gasteiger partial charge in [-0.2, -0.15) is 0 Å². The fourth-order valence-electron chi connectivity index (χ4n) is 4.04. The zero-order chi connectivity index (χ0) is 22.0. The highest BCUT2D eigenvalue weighted by molar-refractivity contribution is 6.46. The minimum Gasteiger partial charge on any atom is -0.507 e. The number of halogens is 1. The van der Waals surface area contributed by atoms with Gasteiger partial charge in [0.1, 0.15) is 5.76 Å². The Kier molecular flexibility index (Phi) is 6.41. The summed E-state index contributed by atoms with van der Waals surface area (Å²) < 4.78 is 5.39. The second-order valence-corrected chi connectivity index (χ2v) is 8.30. The number of nitrogens with zero attached hydrogens (tertiary/aromatic N) is 2. The van der Waals surface area contributed by atoms with E-state index in [1.165, 1.54) is 0 Å². The van der Waals surface area contributed by atoms with Crippen LogP contribution in [-0.4, -0.2) is 66.0 Å². The Labute approximate surface area is 186 Å². The summed E-state index contributed by atoms with van der Waals surface area (Å²) in [5.74, 6) is -1.44. The number of amides is 1. The maximum Gasteiger partial charge on any atom is 0.295 e. The summed E-state index contributed by atoms with van der Waals surface area (Å²) in [4.78, 5) is 29.8. The van der Waals surface area contributed by atoms with Crippen LogP contribution in [0.4, 0.5) is 0 Å². The van der Waals surface area contributed by atoms with Crippen molar-refractivity contribution in [2.75, 3.05) is 39.4 Å². The lowest BCUT2D eigenvalue weighted by atomic mass is 9.95. The number of ketones is 1. The molecule has 162 valence electrons. The largest absolute Gasteiger partial charge is 0.507 e. The van der Waals surface area contributed by atoms with Crippen molar-refractivity contribution in [1.29, 1.82) is 0 Å². The molecule has 7 heteroatoms. The van der Waals surface area contributed by atoms with Crippen LogP contribution in [0.3, 0.4) is 0 Å². The highest BCUT2D eigenvalue weighted by atomic mass is 35.5. The highest BCUT2D eigenvalue weighted by Gasteiger charge is 2.46. The molecule has 0 aromatic heterocycles. The van der Waals surface area contributed by atoms with Gasteiger partial charge in [0.05, 0.1) is 24.8 Å². The van der Waals surface area contributed by atoms with E-state index < -0.39 is 17.7 Å². The molecule has 1 amide bonds. The van der Waals surface area contributed by atoms with E-state index in [0.29, 0.717) is 36.9 Å². The van der Waals surface area contributed by atoms with Crippen LogP contribution in [0, 0.1) is 6.92 Å². The molecule has 0 unspecified atom stereocenters. The van der Waals surface area contributed by atoms with Crippen molar-refractivity contribution in [2.45, 2.75) is 13.0 Å². The van der Waals surface area contributed by atoms with Crippen LogP contribution in [0.2, 0.25) is 5.02 Å². The number of carbonyl (C=O) groups excluding carboxylic acids is 2. The third-order valence-corrected chi connectivity index (χ3v) is 6.06. The average molecular weight is 441 g/mol. The van der Waals surface area contributed by atoms with Gasteiger partial charge in [-0.05, 0) is 36.8 Å². The summed E-state index contributed by atoms with van der Waals surface area (Å²) in [7, 11) is 0. The van der Waals surface area contributed by atoms with Crippen molar-refractivity contribution in [3.8, 4) is 0 Å². The van der Waals surface area contributed by atoms with Crippen LogP contribution in [-0.2, 0) is 14.3 Å². The number of hydrogen-bond acceptors (Lipinski definition) is 5. The van der Waals surface area contributed by atoms with Crippen molar-refractivity contribution >= 4 is 29.1 Å². The first kappa shape index (κ1) is 21.6. The summed E-state index contributed by atoms with van der Waals surface area (Å²) in [5, 5.41) is 11.6. The molecule has 0 radical (unpaired) electrons. The van der Waals surface area contributed by atoms with Crippen LogP contribution in [0.15, 0.2) is 54.1 Å². The van der Waals surface area contributed by atoms with Crippen molar-refractivity contribution in [3.63, 3.8) is 0 Å². The quantitative estimate of drug-likeness (QED) is 0.438. The molecular weight excluding hydrogens is 416 g/mol. The van der Waals surface area contributed by atoms with Gasteiger partial charge in [-0.25, -0.2) is 0 Å². The van der Waals surface area contributed by atoms with Crippen LogP contribution in [0.25, 0.3) is 5.76 Å². The molecule has 2 fully saturated rings. The second kappa shape index (κ2) is 9.22. The number of benzene rings is 2. The summed E-state index contributed by atoms with van der Waals surface area (Å²) in [5.41, 5.74) is 2.43. The Morgan fingerprint density at radius 3 is 2.32 bits per heavy atom. The third-order valence-electron chi connectivity index (χ3n) is 5.81. The molecule has 2 saturated heterocycles. The number of hydrogen-bond donors (Lipinski definition) is 1. The lowest BCUT2D eigenvalue weighted by molar-refractivity contribution is -0.140. The number of aryl methyl sites for hydroxylation is 1. The lowest BCUT2D eigenvalue weighted by Crippen LogP contribution is -2.42. The fraction of sp³-hybridized carbons (Fsp3) is 0.333. The molecule has 1 N–H and O–H groups in total. The van der Waals surface area contributed by atoms with Gasteiger partial charge in [0.25, 0.3) is 11.7 Å². The van der Waals surface area contributed by atoms with E-state index in [9.17, 15) is 14.7 Å². The maximum absolute atomic E-state index is 13.0. The summed E-state index contributed by atoms with van der Waals surface area (Å²) in [6.45, 7) is 5.93. The van der Waals surface area contributed by atoms with Gasteiger partial charge >= 0.3 is 0 Å². The molecule has 1 atom stereocenters. The predicted octanol–water partition coefficient (Wildman–Crippen LogP) is 3.40. The van der Waals surface area contributed by atoms with E-state index in [-0.39, 0.29) is 11.3 Å². The molecule has 0 saturated carbocycles. The van der Waals surface area contributed by atoms with E-state index in [2.05, 4.69) is 4.90 Å². The van der Waals surface area contributed by atoms with Gasteiger partial charge in [0.15, 0.2) is 0 Å². The molecule has 4 rings (SSSR count). The lowest BCUT2D eigenvalue weighted by Gasteiger charge is -2.31. The number of ether oxygens (including phenoxy) is 1. The molecule has 0 aliphatic carbocycles. The Hall–Kier alpha value is -2.67. The van der Waals surface area contributed by atoms with Crippen LogP contribution < -0.4 is 0 Å². The minimum atomic E-state index is -0.667. The molecule has 0 spiro atoms. The summed E-state index contributed by atoms with van der Waals surface area (Å²) >= 11 is 5.96. The van der Waals surface area contributed by atoms with E-state index in [0.717, 1.165) is 24.2 Å². The van der Waals surface area contributed by atoms with Gasteiger partial charge < -0.3 is 14.7 Å². The van der Waals surface area contributed by atoms with E-state index in [1.807, 2.05) is 31.2 Å². The third kappa shape index (κ3) is 4.51. The molecule has 2 aliphatic rings. The first-order valence-electron chi connectivity index (χ1n) is 10.4. The standard InChI is InChI=1S/C24H25ClN2O4/c1-16-2-4-17(5-3-16)21-20(22(28)18-6-8-19(25)9-7-18)23(29)24(30)27(21)11-10-26-12-14-31-15-13-26/h2-9,21,28H,10-15H2,1H3/b22-20+/t21-/m1/s1. The predicted molar refractivity (Wildman–Crippen MR) is 119 cm³/mol. The van der Waals surface area contributed by atoms with Gasteiger partial charge in [0.2, 0.25) is 0 Å². The Morgan fingerprint density at radius 1 is 1.03 bits per heavy atom. The molecule has 6 nitrogen and oxygen atoms in total. The number of morpholine rings is 1. The zero-order valence-electron chi connectivity index (χ0n) is 17.4. The first-order valence-corrected chi connectivity index (χ1v) is 10.7. The second-order valence-electron chi connectivity index (χ2n) is 7.86. The maximum atomic E-state index is 13.0. The number of carbonyl (C=O) groups is 2. The van der Waals surface area contributed by atoms with Gasteiger partial charge in [-0.3, -0.25) is 14.5 Å². The smallest absolute Gasteiger partial charge is 0.295 e. The number of Topliss-reactive ketones (excluding diaryl/α,β-unsaturated/α-hetero) is 1. The monoisotopic (exact) mass is 440 g/mol. The van der Waals surface area contributed by atoms with Crippen LogP contribution in [0.5, 0.6) is 0 Å². The summed E-state index contributed by atoms with van der Waals surface area (Å²) in [6, 6.07) is 13.6. The fourth-order valence-corrected chi connectivity index (χ4v) is 4.17. The Morgan fingerprint density at radius 2 is 1.68 bits per heavy atom. The van der Waals surface area contributed by atoms with Crippen LogP contribution in [0.1, 0.15) is 22.7 Å². The number of aliphatic hydroxyl groups is 1. The Bertz CT molecular complexity index is 995. The molecule has 31 heavy (non-hydrogen) atoms. The van der Waals surface area contributed by atoms with Gasteiger partial charge in [0, 0.05) is 36.8 Å². The van der Waals surface area contributed by atoms with Crippen LogP contribution >= 0.6 is 11.6 Å². The van der Waals surface area contributed by atoms with E-state index in [4.69, 9.17) is 16.3 Å². The topological polar surface area (TPSA) is 70.1 Å². The SMILES string of the molecule is Cc1ccc([C@@H]2/C(=C(\O)c3ccc(Cl)cc3)C(=O)C(=O)N2CCN2CCOCC2)cc1. The Balaban J connectivity index is 1.72. The van der Waals surface area contributed by atoms with Gasteiger partial charge in [-0.1, -0.05) is 41.4 Å². The number of rotatable bonds is 5. The first-order chi connectivity index (χ1) is 15.0. The molecule has 2 aromatic carbocycles. The zero-order valence-corrected chi connectivity index (χ0v) is 18.1. The molecular formula is C24H25ClN2O4. The molecule has 2 heterocycles. The highest BCUT2D eigenvalue weighted by Crippen LogP contribution is 2.39. The molecule has 0 bridgehead atoms. The van der Waals surface area contributed by atoms with Crippen molar-refractivity contribution < 1.29 is 19.4 Å². The number of likely N-dealkylation sites (tertiary alicyclic amines) is 1.